The second kappa shape index (κ2) is 7.40. The Bertz CT molecular complexity index is 958. The number of carbonyl (C=O) groups is 1. The monoisotopic (exact) mass is 382 g/mol. The van der Waals surface area contributed by atoms with Crippen LogP contribution >= 0.6 is 11.6 Å². The van der Waals surface area contributed by atoms with Gasteiger partial charge < -0.3 is 14.7 Å². The van der Waals surface area contributed by atoms with Crippen molar-refractivity contribution < 1.29 is 9.32 Å². The van der Waals surface area contributed by atoms with E-state index in [4.69, 9.17) is 16.1 Å². The van der Waals surface area contributed by atoms with E-state index in [1.165, 1.54) is 0 Å². The number of hydrogen-bond acceptors (Lipinski definition) is 5. The summed E-state index contributed by atoms with van der Waals surface area (Å²) in [5.41, 5.74) is 1.58. The van der Waals surface area contributed by atoms with Gasteiger partial charge in [0.1, 0.15) is 22.8 Å². The fraction of sp³-hybridized carbons (Fsp3) is 0.250. The number of rotatable bonds is 4. The van der Waals surface area contributed by atoms with E-state index in [9.17, 15) is 4.79 Å². The minimum atomic E-state index is -0.198. The van der Waals surface area contributed by atoms with Gasteiger partial charge in [0.15, 0.2) is 0 Å². The van der Waals surface area contributed by atoms with Crippen molar-refractivity contribution in [2.24, 2.45) is 0 Å². The molecule has 0 bridgehead atoms. The normalized spacial score (nSPS) is 16.5. The smallest absolute Gasteiger partial charge is 0.257 e. The van der Waals surface area contributed by atoms with Gasteiger partial charge in [-0.2, -0.15) is 0 Å². The molecule has 27 heavy (non-hydrogen) atoms. The fourth-order valence-corrected chi connectivity index (χ4v) is 3.59. The first kappa shape index (κ1) is 17.5. The lowest BCUT2D eigenvalue weighted by Gasteiger charge is -2.17. The number of amides is 1. The van der Waals surface area contributed by atoms with E-state index in [1.54, 1.807) is 19.2 Å². The minimum absolute atomic E-state index is 0.0351. The molecule has 3 heterocycles. The standard InChI is InChI=1S/C20H19ClN4O2/c1-13-18(19(24-27-13)15-6-2-3-7-16(15)21)20(26)23-14-9-11-25(12-14)17-8-4-5-10-22-17/h2-8,10,14H,9,11-12H2,1H3,(H,23,26). The molecule has 0 radical (unpaired) electrons. The summed E-state index contributed by atoms with van der Waals surface area (Å²) in [6.07, 6.45) is 2.63. The highest BCUT2D eigenvalue weighted by molar-refractivity contribution is 6.33. The SMILES string of the molecule is Cc1onc(-c2ccccc2Cl)c1C(=O)NC1CCN(c2ccccn2)C1. The molecular weight excluding hydrogens is 364 g/mol. The average molecular weight is 383 g/mol. The topological polar surface area (TPSA) is 71.3 Å². The van der Waals surface area contributed by atoms with Crippen LogP contribution < -0.4 is 10.2 Å². The van der Waals surface area contributed by atoms with Crippen molar-refractivity contribution in [2.45, 2.75) is 19.4 Å². The quantitative estimate of drug-likeness (QED) is 0.744. The Balaban J connectivity index is 1.52. The van der Waals surface area contributed by atoms with Crippen molar-refractivity contribution >= 4 is 23.3 Å². The first-order valence-electron chi connectivity index (χ1n) is 8.81. The van der Waals surface area contributed by atoms with Crippen molar-refractivity contribution in [1.82, 2.24) is 15.5 Å². The first-order valence-corrected chi connectivity index (χ1v) is 9.19. The van der Waals surface area contributed by atoms with Gasteiger partial charge in [0.2, 0.25) is 0 Å². The molecule has 4 rings (SSSR count). The predicted octanol–water partition coefficient (Wildman–Crippen LogP) is 3.71. The zero-order valence-electron chi connectivity index (χ0n) is 14.9. The van der Waals surface area contributed by atoms with E-state index in [1.807, 2.05) is 36.4 Å². The van der Waals surface area contributed by atoms with E-state index >= 15 is 0 Å². The molecule has 1 atom stereocenters. The van der Waals surface area contributed by atoms with Crippen LogP contribution in [-0.2, 0) is 0 Å². The van der Waals surface area contributed by atoms with Gasteiger partial charge in [0.05, 0.1) is 5.02 Å². The van der Waals surface area contributed by atoms with Gasteiger partial charge in [-0.15, -0.1) is 0 Å². The van der Waals surface area contributed by atoms with Gasteiger partial charge in [-0.1, -0.05) is 41.0 Å². The third-order valence-electron chi connectivity index (χ3n) is 4.72. The number of benzene rings is 1. The third kappa shape index (κ3) is 3.53. The number of carbonyl (C=O) groups excluding carboxylic acids is 1. The molecule has 0 saturated carbocycles. The number of aromatic nitrogens is 2. The highest BCUT2D eigenvalue weighted by Gasteiger charge is 2.28. The number of nitrogens with zero attached hydrogens (tertiary/aromatic N) is 3. The molecule has 1 amide bonds. The summed E-state index contributed by atoms with van der Waals surface area (Å²) in [5.74, 6) is 1.20. The van der Waals surface area contributed by atoms with Gasteiger partial charge >= 0.3 is 0 Å². The van der Waals surface area contributed by atoms with Crippen LogP contribution in [0.2, 0.25) is 5.02 Å². The van der Waals surface area contributed by atoms with Gasteiger partial charge in [-0.05, 0) is 31.5 Å². The number of nitrogens with one attached hydrogen (secondary N) is 1. The number of aryl methyl sites for hydroxylation is 1. The van der Waals surface area contributed by atoms with E-state index in [0.717, 1.165) is 18.8 Å². The van der Waals surface area contributed by atoms with Gasteiger partial charge in [-0.3, -0.25) is 4.79 Å². The highest BCUT2D eigenvalue weighted by atomic mass is 35.5. The zero-order valence-corrected chi connectivity index (χ0v) is 15.6. The minimum Gasteiger partial charge on any atom is -0.360 e. The second-order valence-electron chi connectivity index (χ2n) is 6.54. The molecule has 7 heteroatoms. The molecule has 2 aromatic heterocycles. The number of pyridine rings is 1. The summed E-state index contributed by atoms with van der Waals surface area (Å²) in [6.45, 7) is 3.30. The molecule has 0 spiro atoms. The van der Waals surface area contributed by atoms with Crippen molar-refractivity contribution in [3.63, 3.8) is 0 Å². The lowest BCUT2D eigenvalue weighted by Crippen LogP contribution is -2.37. The summed E-state index contributed by atoms with van der Waals surface area (Å²) in [4.78, 5) is 19.5. The molecule has 1 aromatic carbocycles. The number of anilines is 1. The number of hydrogen-bond donors (Lipinski definition) is 1. The Labute approximate surface area is 162 Å². The number of halogens is 1. The maximum atomic E-state index is 12.9. The van der Waals surface area contributed by atoms with Crippen LogP contribution in [0.5, 0.6) is 0 Å². The predicted molar refractivity (Wildman–Crippen MR) is 104 cm³/mol. The molecule has 1 N–H and O–H groups in total. The lowest BCUT2D eigenvalue weighted by molar-refractivity contribution is 0.0939. The van der Waals surface area contributed by atoms with Crippen LogP contribution in [0.3, 0.4) is 0 Å². The molecule has 3 aromatic rings. The molecule has 6 nitrogen and oxygen atoms in total. The second-order valence-corrected chi connectivity index (χ2v) is 6.94. The zero-order chi connectivity index (χ0) is 18.8. The Morgan fingerprint density at radius 2 is 2.07 bits per heavy atom. The molecule has 138 valence electrons. The van der Waals surface area contributed by atoms with Gasteiger partial charge in [-0.25, -0.2) is 4.98 Å². The molecule has 1 saturated heterocycles. The molecule has 1 unspecified atom stereocenters. The van der Waals surface area contributed by atoms with Crippen LogP contribution in [-0.4, -0.2) is 35.2 Å². The van der Waals surface area contributed by atoms with Crippen molar-refractivity contribution in [3.8, 4) is 11.3 Å². The largest absolute Gasteiger partial charge is 0.360 e. The Kier molecular flexibility index (Phi) is 4.81. The van der Waals surface area contributed by atoms with E-state index in [2.05, 4.69) is 20.4 Å². The summed E-state index contributed by atoms with van der Waals surface area (Å²) < 4.78 is 5.29. The maximum absolute atomic E-state index is 12.9. The Morgan fingerprint density at radius 1 is 1.26 bits per heavy atom. The van der Waals surface area contributed by atoms with Gasteiger partial charge in [0.25, 0.3) is 5.91 Å². The Hall–Kier alpha value is -2.86. The molecule has 0 aliphatic carbocycles. The van der Waals surface area contributed by atoms with Crippen LogP contribution in [0.1, 0.15) is 22.5 Å². The summed E-state index contributed by atoms with van der Waals surface area (Å²) in [7, 11) is 0. The van der Waals surface area contributed by atoms with Crippen LogP contribution in [0.25, 0.3) is 11.3 Å². The molecule has 1 aliphatic rings. The van der Waals surface area contributed by atoms with E-state index < -0.39 is 0 Å². The lowest BCUT2D eigenvalue weighted by atomic mass is 10.1. The summed E-state index contributed by atoms with van der Waals surface area (Å²) in [6, 6.07) is 13.2. The fourth-order valence-electron chi connectivity index (χ4n) is 3.36. The summed E-state index contributed by atoms with van der Waals surface area (Å²) >= 11 is 6.27. The Morgan fingerprint density at radius 3 is 2.85 bits per heavy atom. The van der Waals surface area contributed by atoms with Crippen LogP contribution in [0.15, 0.2) is 53.2 Å². The van der Waals surface area contributed by atoms with Crippen molar-refractivity contribution in [2.75, 3.05) is 18.0 Å². The van der Waals surface area contributed by atoms with Crippen LogP contribution in [0.4, 0.5) is 5.82 Å². The van der Waals surface area contributed by atoms with Crippen molar-refractivity contribution in [1.29, 1.82) is 0 Å². The van der Waals surface area contributed by atoms with E-state index in [0.29, 0.717) is 34.1 Å². The molecular formula is C20H19ClN4O2. The molecule has 1 fully saturated rings. The van der Waals surface area contributed by atoms with Crippen molar-refractivity contribution in [3.05, 3.63) is 65.0 Å². The first-order chi connectivity index (χ1) is 13.1. The summed E-state index contributed by atoms with van der Waals surface area (Å²) in [5, 5.41) is 7.69. The highest BCUT2D eigenvalue weighted by Crippen LogP contribution is 2.31. The third-order valence-corrected chi connectivity index (χ3v) is 5.05. The van der Waals surface area contributed by atoms with E-state index in [-0.39, 0.29) is 11.9 Å². The average Bonchev–Trinajstić information content (AvgIpc) is 3.29. The van der Waals surface area contributed by atoms with Gasteiger partial charge in [0, 0.05) is 30.9 Å². The van der Waals surface area contributed by atoms with Crippen LogP contribution in [0, 0.1) is 6.92 Å². The maximum Gasteiger partial charge on any atom is 0.257 e. The molecule has 1 aliphatic heterocycles.